The number of aliphatic hydroxyl groups is 1. The van der Waals surface area contributed by atoms with E-state index in [2.05, 4.69) is 14.9 Å². The van der Waals surface area contributed by atoms with Gasteiger partial charge in [0.2, 0.25) is 0 Å². The van der Waals surface area contributed by atoms with Crippen LogP contribution in [0.15, 0.2) is 18.6 Å². The van der Waals surface area contributed by atoms with Gasteiger partial charge in [0.05, 0.1) is 5.60 Å². The van der Waals surface area contributed by atoms with Crippen LogP contribution in [0.5, 0.6) is 0 Å². The molecule has 1 aromatic heterocycles. The van der Waals surface area contributed by atoms with Gasteiger partial charge in [-0.2, -0.15) is 0 Å². The van der Waals surface area contributed by atoms with Crippen LogP contribution < -0.4 is 4.90 Å². The number of aromatic nitrogens is 2. The molecule has 1 N–H and O–H groups in total. The van der Waals surface area contributed by atoms with E-state index in [9.17, 15) is 5.11 Å². The van der Waals surface area contributed by atoms with E-state index >= 15 is 0 Å². The molecule has 1 saturated heterocycles. The minimum atomic E-state index is -0.580. The topological polar surface area (TPSA) is 49.2 Å². The molecule has 0 saturated carbocycles. The van der Waals surface area contributed by atoms with Crippen molar-refractivity contribution in [1.82, 2.24) is 9.97 Å². The first kappa shape index (κ1) is 9.40. The van der Waals surface area contributed by atoms with Crippen LogP contribution in [0.1, 0.15) is 19.8 Å². The SMILES string of the molecule is CC1(O)CCCN(c2ccncn2)C1. The second kappa shape index (κ2) is 3.53. The number of hydrogen-bond acceptors (Lipinski definition) is 4. The predicted molar refractivity (Wildman–Crippen MR) is 54.1 cm³/mol. The van der Waals surface area contributed by atoms with E-state index in [-0.39, 0.29) is 0 Å². The van der Waals surface area contributed by atoms with Crippen molar-refractivity contribution < 1.29 is 5.11 Å². The highest BCUT2D eigenvalue weighted by Crippen LogP contribution is 2.23. The van der Waals surface area contributed by atoms with E-state index < -0.39 is 5.60 Å². The third kappa shape index (κ3) is 2.01. The van der Waals surface area contributed by atoms with Gasteiger partial charge in [-0.1, -0.05) is 0 Å². The summed E-state index contributed by atoms with van der Waals surface area (Å²) in [6, 6.07) is 1.88. The number of piperidine rings is 1. The molecule has 1 fully saturated rings. The van der Waals surface area contributed by atoms with E-state index in [4.69, 9.17) is 0 Å². The maximum absolute atomic E-state index is 9.92. The number of hydrogen-bond donors (Lipinski definition) is 1. The molecule has 1 unspecified atom stereocenters. The van der Waals surface area contributed by atoms with Crippen LogP contribution in [-0.2, 0) is 0 Å². The Hall–Kier alpha value is -1.16. The molecule has 1 aromatic rings. The molecule has 0 bridgehead atoms. The summed E-state index contributed by atoms with van der Waals surface area (Å²) in [5.74, 6) is 0.903. The number of anilines is 1. The van der Waals surface area contributed by atoms with Crippen LogP contribution in [0.3, 0.4) is 0 Å². The molecule has 0 radical (unpaired) electrons. The van der Waals surface area contributed by atoms with E-state index in [1.54, 1.807) is 12.5 Å². The zero-order chi connectivity index (χ0) is 10.0. The quantitative estimate of drug-likeness (QED) is 0.717. The lowest BCUT2D eigenvalue weighted by Crippen LogP contribution is -2.46. The zero-order valence-corrected chi connectivity index (χ0v) is 8.35. The largest absolute Gasteiger partial charge is 0.388 e. The summed E-state index contributed by atoms with van der Waals surface area (Å²) in [5, 5.41) is 9.92. The fourth-order valence-electron chi connectivity index (χ4n) is 1.89. The van der Waals surface area contributed by atoms with Crippen LogP contribution in [0.25, 0.3) is 0 Å². The Balaban J connectivity index is 2.12. The minimum absolute atomic E-state index is 0.580. The van der Waals surface area contributed by atoms with Crippen LogP contribution in [0, 0.1) is 0 Å². The first-order valence-electron chi connectivity index (χ1n) is 4.91. The summed E-state index contributed by atoms with van der Waals surface area (Å²) in [6.07, 6.45) is 5.15. The molecule has 1 aliphatic heterocycles. The normalized spacial score (nSPS) is 27.7. The third-order valence-corrected chi connectivity index (χ3v) is 2.57. The van der Waals surface area contributed by atoms with Crippen molar-refractivity contribution in [3.63, 3.8) is 0 Å². The summed E-state index contributed by atoms with van der Waals surface area (Å²) in [4.78, 5) is 10.2. The molecule has 0 aromatic carbocycles. The Morgan fingerprint density at radius 3 is 3.07 bits per heavy atom. The Kier molecular flexibility index (Phi) is 2.37. The van der Waals surface area contributed by atoms with Gasteiger partial charge in [-0.15, -0.1) is 0 Å². The van der Waals surface area contributed by atoms with Gasteiger partial charge in [0, 0.05) is 19.3 Å². The fourth-order valence-corrected chi connectivity index (χ4v) is 1.89. The highest BCUT2D eigenvalue weighted by molar-refractivity contribution is 5.37. The maximum Gasteiger partial charge on any atom is 0.131 e. The smallest absolute Gasteiger partial charge is 0.131 e. The van der Waals surface area contributed by atoms with Crippen LogP contribution >= 0.6 is 0 Å². The van der Waals surface area contributed by atoms with Crippen molar-refractivity contribution in [1.29, 1.82) is 0 Å². The molecular formula is C10H15N3O. The van der Waals surface area contributed by atoms with Gasteiger partial charge in [0.25, 0.3) is 0 Å². The summed E-state index contributed by atoms with van der Waals surface area (Å²) < 4.78 is 0. The average Bonchev–Trinajstić information content (AvgIpc) is 2.18. The lowest BCUT2D eigenvalue weighted by Gasteiger charge is -2.37. The van der Waals surface area contributed by atoms with Gasteiger partial charge in [0.1, 0.15) is 12.1 Å². The molecule has 1 atom stereocenters. The second-order valence-electron chi connectivity index (χ2n) is 4.09. The van der Waals surface area contributed by atoms with Crippen LogP contribution in [0.2, 0.25) is 0 Å². The van der Waals surface area contributed by atoms with E-state index in [1.807, 2.05) is 13.0 Å². The molecule has 4 nitrogen and oxygen atoms in total. The molecule has 4 heteroatoms. The van der Waals surface area contributed by atoms with Crippen LogP contribution in [0.4, 0.5) is 5.82 Å². The Morgan fingerprint density at radius 2 is 2.43 bits per heavy atom. The average molecular weight is 193 g/mol. The third-order valence-electron chi connectivity index (χ3n) is 2.57. The summed E-state index contributed by atoms with van der Waals surface area (Å²) in [5.41, 5.74) is -0.580. The van der Waals surface area contributed by atoms with Crippen molar-refractivity contribution in [2.45, 2.75) is 25.4 Å². The monoisotopic (exact) mass is 193 g/mol. The molecule has 0 aliphatic carbocycles. The Bertz CT molecular complexity index is 299. The molecule has 0 spiro atoms. The highest BCUT2D eigenvalue weighted by Gasteiger charge is 2.28. The summed E-state index contributed by atoms with van der Waals surface area (Å²) >= 11 is 0. The van der Waals surface area contributed by atoms with Gasteiger partial charge in [-0.3, -0.25) is 0 Å². The van der Waals surface area contributed by atoms with Gasteiger partial charge in [0.15, 0.2) is 0 Å². The van der Waals surface area contributed by atoms with Crippen molar-refractivity contribution >= 4 is 5.82 Å². The first-order valence-corrected chi connectivity index (χ1v) is 4.91. The lowest BCUT2D eigenvalue weighted by atomic mass is 9.95. The first-order chi connectivity index (χ1) is 6.67. The van der Waals surface area contributed by atoms with E-state index in [1.165, 1.54) is 0 Å². The zero-order valence-electron chi connectivity index (χ0n) is 8.35. The number of rotatable bonds is 1. The number of β-amino-alcohol motifs (C(OH)–C–C–N with tert-alkyl or cyclic N) is 1. The van der Waals surface area contributed by atoms with Gasteiger partial charge in [-0.25, -0.2) is 9.97 Å². The molecular weight excluding hydrogens is 178 g/mol. The van der Waals surface area contributed by atoms with E-state index in [0.29, 0.717) is 6.54 Å². The number of nitrogens with zero attached hydrogens (tertiary/aromatic N) is 3. The molecule has 1 aliphatic rings. The molecule has 14 heavy (non-hydrogen) atoms. The molecule has 76 valence electrons. The fraction of sp³-hybridized carbons (Fsp3) is 0.600. The van der Waals surface area contributed by atoms with Crippen molar-refractivity contribution in [2.75, 3.05) is 18.0 Å². The predicted octanol–water partition coefficient (Wildman–Crippen LogP) is 0.828. The Labute approximate surface area is 83.6 Å². The highest BCUT2D eigenvalue weighted by atomic mass is 16.3. The van der Waals surface area contributed by atoms with Crippen LogP contribution in [-0.4, -0.2) is 33.8 Å². The van der Waals surface area contributed by atoms with Crippen molar-refractivity contribution in [3.05, 3.63) is 18.6 Å². The lowest BCUT2D eigenvalue weighted by molar-refractivity contribution is 0.0447. The molecule has 2 heterocycles. The van der Waals surface area contributed by atoms with Gasteiger partial charge in [-0.05, 0) is 25.8 Å². The van der Waals surface area contributed by atoms with Crippen molar-refractivity contribution in [2.24, 2.45) is 0 Å². The van der Waals surface area contributed by atoms with Gasteiger partial charge < -0.3 is 10.0 Å². The minimum Gasteiger partial charge on any atom is -0.388 e. The summed E-state index contributed by atoms with van der Waals surface area (Å²) in [7, 11) is 0. The van der Waals surface area contributed by atoms with E-state index in [0.717, 1.165) is 25.2 Å². The summed E-state index contributed by atoms with van der Waals surface area (Å²) in [6.45, 7) is 3.50. The van der Waals surface area contributed by atoms with Crippen molar-refractivity contribution in [3.8, 4) is 0 Å². The standard InChI is InChI=1S/C10H15N3O/c1-10(14)4-2-6-13(7-10)9-3-5-11-8-12-9/h3,5,8,14H,2,4,6-7H2,1H3. The maximum atomic E-state index is 9.92. The Morgan fingerprint density at radius 1 is 1.57 bits per heavy atom. The molecule has 2 rings (SSSR count). The van der Waals surface area contributed by atoms with Gasteiger partial charge >= 0.3 is 0 Å². The molecule has 0 amide bonds. The second-order valence-corrected chi connectivity index (χ2v) is 4.09.